The van der Waals surface area contributed by atoms with Crippen molar-refractivity contribution < 1.29 is 4.79 Å². The van der Waals surface area contributed by atoms with Gasteiger partial charge >= 0.3 is 0 Å². The highest BCUT2D eigenvalue weighted by Gasteiger charge is 2.21. The van der Waals surface area contributed by atoms with Gasteiger partial charge < -0.3 is 4.90 Å². The number of amides is 1. The fourth-order valence-corrected chi connectivity index (χ4v) is 3.25. The van der Waals surface area contributed by atoms with E-state index in [0.29, 0.717) is 0 Å². The van der Waals surface area contributed by atoms with E-state index in [0.717, 1.165) is 20.8 Å². The van der Waals surface area contributed by atoms with Crippen molar-refractivity contribution in [3.05, 3.63) is 28.8 Å². The molecule has 0 spiro atoms. The predicted octanol–water partition coefficient (Wildman–Crippen LogP) is 3.86. The largest absolute Gasteiger partial charge is 0.334 e. The van der Waals surface area contributed by atoms with Crippen molar-refractivity contribution in [3.63, 3.8) is 0 Å². The van der Waals surface area contributed by atoms with Crippen molar-refractivity contribution in [1.29, 1.82) is 0 Å². The van der Waals surface area contributed by atoms with Gasteiger partial charge in [-0.15, -0.1) is 11.3 Å². The number of fused-ring (bicyclic) bond motifs is 1. The van der Waals surface area contributed by atoms with Crippen molar-refractivity contribution in [2.75, 3.05) is 0 Å². The lowest BCUT2D eigenvalue weighted by Crippen LogP contribution is -2.42. The summed E-state index contributed by atoms with van der Waals surface area (Å²) in [5.74, 6) is 0.0953. The average Bonchev–Trinajstić information content (AvgIpc) is 2.66. The van der Waals surface area contributed by atoms with Crippen LogP contribution in [0.2, 0.25) is 0 Å². The lowest BCUT2D eigenvalue weighted by molar-refractivity contribution is 0.0644. The van der Waals surface area contributed by atoms with Crippen LogP contribution in [0, 0.1) is 6.92 Å². The van der Waals surface area contributed by atoms with Gasteiger partial charge in [-0.3, -0.25) is 4.79 Å². The maximum atomic E-state index is 12.6. The molecule has 102 valence electrons. The predicted molar refractivity (Wildman–Crippen MR) is 80.8 cm³/mol. The van der Waals surface area contributed by atoms with Gasteiger partial charge in [0.2, 0.25) is 0 Å². The van der Waals surface area contributed by atoms with Gasteiger partial charge in [0, 0.05) is 17.6 Å². The summed E-state index contributed by atoms with van der Waals surface area (Å²) in [5, 5.41) is 1.03. The first-order chi connectivity index (χ1) is 8.90. The van der Waals surface area contributed by atoms with Crippen LogP contribution in [0.4, 0.5) is 0 Å². The first-order valence-corrected chi connectivity index (χ1v) is 7.41. The summed E-state index contributed by atoms with van der Waals surface area (Å²) < 4.78 is 1.08. The molecule has 0 fully saturated rings. The molecule has 1 heterocycles. The van der Waals surface area contributed by atoms with Gasteiger partial charge in [0.25, 0.3) is 5.91 Å². The van der Waals surface area contributed by atoms with Gasteiger partial charge in [-0.2, -0.15) is 0 Å². The fraction of sp³-hybridized carbons (Fsp3) is 0.467. The third-order valence-corrected chi connectivity index (χ3v) is 4.02. The summed E-state index contributed by atoms with van der Waals surface area (Å²) in [6.07, 6.45) is 0. The molecule has 0 aliphatic heterocycles. The SMILES string of the molecule is Cc1nc2ccc(C(=O)N(C(C)C)C(C)C)cc2s1. The van der Waals surface area contributed by atoms with Crippen molar-refractivity contribution in [3.8, 4) is 0 Å². The van der Waals surface area contributed by atoms with Crippen LogP contribution in [0.1, 0.15) is 43.1 Å². The number of aryl methyl sites for hydroxylation is 1. The molecular formula is C15H20N2OS. The number of hydrogen-bond donors (Lipinski definition) is 0. The Morgan fingerprint density at radius 2 is 1.84 bits per heavy atom. The molecule has 2 aromatic rings. The van der Waals surface area contributed by atoms with Crippen molar-refractivity contribution in [1.82, 2.24) is 9.88 Å². The molecule has 1 aromatic heterocycles. The Balaban J connectivity index is 2.39. The maximum Gasteiger partial charge on any atom is 0.254 e. The molecule has 4 heteroatoms. The third-order valence-electron chi connectivity index (χ3n) is 3.09. The highest BCUT2D eigenvalue weighted by molar-refractivity contribution is 7.18. The average molecular weight is 276 g/mol. The van der Waals surface area contributed by atoms with Gasteiger partial charge in [-0.05, 0) is 52.8 Å². The van der Waals surface area contributed by atoms with Crippen molar-refractivity contribution >= 4 is 27.5 Å². The Bertz CT molecular complexity index is 593. The second kappa shape index (κ2) is 5.29. The summed E-state index contributed by atoms with van der Waals surface area (Å²) in [7, 11) is 0. The molecule has 0 saturated heterocycles. The van der Waals surface area contributed by atoms with E-state index in [2.05, 4.69) is 4.98 Å². The molecule has 3 nitrogen and oxygen atoms in total. The molecule has 1 amide bonds. The molecule has 0 aliphatic rings. The monoisotopic (exact) mass is 276 g/mol. The van der Waals surface area contributed by atoms with Crippen LogP contribution in [0.5, 0.6) is 0 Å². The quantitative estimate of drug-likeness (QED) is 0.852. The van der Waals surface area contributed by atoms with Gasteiger partial charge in [-0.1, -0.05) is 0 Å². The third kappa shape index (κ3) is 2.78. The molecule has 0 bridgehead atoms. The molecule has 0 aliphatic carbocycles. The Morgan fingerprint density at radius 1 is 1.21 bits per heavy atom. The van der Waals surface area contributed by atoms with E-state index < -0.39 is 0 Å². The number of hydrogen-bond acceptors (Lipinski definition) is 3. The number of carbonyl (C=O) groups excluding carboxylic acids is 1. The van der Waals surface area contributed by atoms with E-state index in [1.54, 1.807) is 11.3 Å². The summed E-state index contributed by atoms with van der Waals surface area (Å²) in [6.45, 7) is 10.2. The van der Waals surface area contributed by atoms with E-state index in [-0.39, 0.29) is 18.0 Å². The number of carbonyl (C=O) groups is 1. The molecule has 19 heavy (non-hydrogen) atoms. The molecule has 2 rings (SSSR count). The lowest BCUT2D eigenvalue weighted by Gasteiger charge is -2.30. The molecule has 0 saturated carbocycles. The summed E-state index contributed by atoms with van der Waals surface area (Å²) >= 11 is 1.63. The van der Waals surface area contributed by atoms with Crippen LogP contribution in [0.25, 0.3) is 10.2 Å². The van der Waals surface area contributed by atoms with Crippen molar-refractivity contribution in [2.45, 2.75) is 46.7 Å². The number of nitrogens with zero attached hydrogens (tertiary/aromatic N) is 2. The van der Waals surface area contributed by atoms with Crippen LogP contribution in [-0.2, 0) is 0 Å². The molecular weight excluding hydrogens is 256 g/mol. The first kappa shape index (κ1) is 14.0. The number of benzene rings is 1. The lowest BCUT2D eigenvalue weighted by atomic mass is 10.1. The fourth-order valence-electron chi connectivity index (χ4n) is 2.39. The molecule has 0 N–H and O–H groups in total. The normalized spacial score (nSPS) is 11.5. The standard InChI is InChI=1S/C15H20N2OS/c1-9(2)17(10(3)4)15(18)12-6-7-13-14(8-12)19-11(5)16-13/h6-10H,1-5H3. The molecule has 0 unspecified atom stereocenters. The number of rotatable bonds is 3. The van der Waals surface area contributed by atoms with Crippen LogP contribution < -0.4 is 0 Å². The Hall–Kier alpha value is -1.42. The second-order valence-electron chi connectivity index (χ2n) is 5.32. The minimum absolute atomic E-state index is 0.0953. The van der Waals surface area contributed by atoms with Crippen LogP contribution in [-0.4, -0.2) is 27.9 Å². The van der Waals surface area contributed by atoms with Gasteiger partial charge in [-0.25, -0.2) is 4.98 Å². The molecule has 0 radical (unpaired) electrons. The van der Waals surface area contributed by atoms with E-state index in [4.69, 9.17) is 0 Å². The van der Waals surface area contributed by atoms with Crippen LogP contribution in [0.15, 0.2) is 18.2 Å². The van der Waals surface area contributed by atoms with Crippen molar-refractivity contribution in [2.24, 2.45) is 0 Å². The number of thiazole rings is 1. The zero-order valence-corrected chi connectivity index (χ0v) is 12.9. The maximum absolute atomic E-state index is 12.6. The minimum atomic E-state index is 0.0953. The van der Waals surface area contributed by atoms with E-state index in [1.165, 1.54) is 0 Å². The van der Waals surface area contributed by atoms with Gasteiger partial charge in [0.05, 0.1) is 15.2 Å². The van der Waals surface area contributed by atoms with E-state index >= 15 is 0 Å². The first-order valence-electron chi connectivity index (χ1n) is 6.60. The van der Waals surface area contributed by atoms with E-state index in [9.17, 15) is 4.79 Å². The second-order valence-corrected chi connectivity index (χ2v) is 6.55. The highest BCUT2D eigenvalue weighted by Crippen LogP contribution is 2.24. The summed E-state index contributed by atoms with van der Waals surface area (Å²) in [4.78, 5) is 18.9. The molecule has 0 atom stereocenters. The number of aromatic nitrogens is 1. The van der Waals surface area contributed by atoms with Crippen LogP contribution in [0.3, 0.4) is 0 Å². The Labute approximate surface area is 118 Å². The van der Waals surface area contributed by atoms with Gasteiger partial charge in [0.1, 0.15) is 0 Å². The van der Waals surface area contributed by atoms with Crippen LogP contribution >= 0.6 is 11.3 Å². The topological polar surface area (TPSA) is 33.2 Å². The zero-order valence-electron chi connectivity index (χ0n) is 12.1. The van der Waals surface area contributed by atoms with E-state index in [1.807, 2.05) is 57.7 Å². The molecule has 1 aromatic carbocycles. The van der Waals surface area contributed by atoms with Gasteiger partial charge in [0.15, 0.2) is 0 Å². The zero-order chi connectivity index (χ0) is 14.2. The summed E-state index contributed by atoms with van der Waals surface area (Å²) in [5.41, 5.74) is 1.72. The Morgan fingerprint density at radius 3 is 2.42 bits per heavy atom. The highest BCUT2D eigenvalue weighted by atomic mass is 32.1. The summed E-state index contributed by atoms with van der Waals surface area (Å²) in [6, 6.07) is 6.17. The Kier molecular flexibility index (Phi) is 3.90. The smallest absolute Gasteiger partial charge is 0.254 e. The minimum Gasteiger partial charge on any atom is -0.334 e.